The van der Waals surface area contributed by atoms with Gasteiger partial charge in [-0.15, -0.1) is 0 Å². The molecule has 20 nitrogen and oxygen atoms in total. The minimum Gasteiger partial charge on any atom is -0.491 e. The van der Waals surface area contributed by atoms with Gasteiger partial charge in [-0.3, -0.25) is 9.59 Å². The molecule has 66 heavy (non-hydrogen) atoms. The largest absolute Gasteiger partial charge is 0.491 e. The van der Waals surface area contributed by atoms with Crippen LogP contribution in [0.3, 0.4) is 0 Å². The van der Waals surface area contributed by atoms with Crippen molar-refractivity contribution in [1.29, 1.82) is 0 Å². The summed E-state index contributed by atoms with van der Waals surface area (Å²) in [5, 5.41) is 5.25. The van der Waals surface area contributed by atoms with E-state index < -0.39 is 36.5 Å². The van der Waals surface area contributed by atoms with Crippen molar-refractivity contribution >= 4 is 24.0 Å². The summed E-state index contributed by atoms with van der Waals surface area (Å²) in [6.45, 7) is 5.68. The number of aromatic amines is 2. The number of H-pyrrole nitrogens is 2. The topological polar surface area (TPSA) is 230 Å². The highest BCUT2D eigenvalue weighted by Crippen LogP contribution is 2.42. The predicted molar refractivity (Wildman–Crippen MR) is 241 cm³/mol. The SMILES string of the molecule is COCCOc1cc(-c2cnc([C@@H]3CCCN3C(=O)[C@@H](NC(=O)OC)[C@@H](C)OC)[nH]2)ccc1-c1ccc(-c2cnc([C@@H]3CCCN3C(=O)[C@@H](NC(=O)OC)[C@@H](C)OC)[nH]2)cc1OCCOC. The van der Waals surface area contributed by atoms with E-state index in [2.05, 4.69) is 20.6 Å². The van der Waals surface area contributed by atoms with Crippen LogP contribution in [0.4, 0.5) is 9.59 Å². The lowest BCUT2D eigenvalue weighted by atomic mass is 9.98. The van der Waals surface area contributed by atoms with Crippen LogP contribution in [0.15, 0.2) is 48.8 Å². The maximum atomic E-state index is 13.8. The van der Waals surface area contributed by atoms with Crippen LogP contribution in [0.1, 0.15) is 63.3 Å². The normalized spacial score (nSPS) is 17.8. The first-order chi connectivity index (χ1) is 32.0. The zero-order valence-corrected chi connectivity index (χ0v) is 38.8. The summed E-state index contributed by atoms with van der Waals surface area (Å²) in [6.07, 6.45) is 3.70. The number of hydrogen-bond donors (Lipinski definition) is 4. The first kappa shape index (κ1) is 49.2. The number of aromatic nitrogens is 4. The smallest absolute Gasteiger partial charge is 0.407 e. The number of likely N-dealkylation sites (tertiary alicyclic amines) is 2. The number of hydrogen-bond acceptors (Lipinski definition) is 14. The van der Waals surface area contributed by atoms with E-state index in [1.807, 2.05) is 36.4 Å². The van der Waals surface area contributed by atoms with Gasteiger partial charge in [-0.2, -0.15) is 0 Å². The van der Waals surface area contributed by atoms with Crippen LogP contribution in [0.25, 0.3) is 33.6 Å². The van der Waals surface area contributed by atoms with E-state index in [9.17, 15) is 19.2 Å². The molecule has 0 saturated carbocycles. The molecule has 2 aromatic heterocycles. The van der Waals surface area contributed by atoms with Crippen molar-refractivity contribution in [1.82, 2.24) is 40.4 Å². The second-order valence-electron chi connectivity index (χ2n) is 16.0. The van der Waals surface area contributed by atoms with Gasteiger partial charge in [0.15, 0.2) is 0 Å². The van der Waals surface area contributed by atoms with Crippen molar-refractivity contribution in [3.8, 4) is 45.1 Å². The monoisotopic (exact) mass is 918 g/mol. The fraction of sp³-hybridized carbons (Fsp3) is 0.522. The average Bonchev–Trinajstić information content (AvgIpc) is 4.19. The van der Waals surface area contributed by atoms with E-state index in [0.29, 0.717) is 62.3 Å². The maximum Gasteiger partial charge on any atom is 0.407 e. The van der Waals surface area contributed by atoms with Crippen LogP contribution < -0.4 is 20.1 Å². The van der Waals surface area contributed by atoms with Gasteiger partial charge in [0, 0.05) is 63.8 Å². The lowest BCUT2D eigenvalue weighted by Crippen LogP contribution is -2.54. The summed E-state index contributed by atoms with van der Waals surface area (Å²) in [7, 11) is 8.68. The number of amides is 4. The second kappa shape index (κ2) is 23.3. The van der Waals surface area contributed by atoms with Crippen LogP contribution in [0.5, 0.6) is 11.5 Å². The lowest BCUT2D eigenvalue weighted by Gasteiger charge is -2.30. The molecule has 4 heterocycles. The van der Waals surface area contributed by atoms with E-state index in [4.69, 9.17) is 47.9 Å². The van der Waals surface area contributed by atoms with Gasteiger partial charge >= 0.3 is 12.2 Å². The second-order valence-corrected chi connectivity index (χ2v) is 16.0. The molecule has 2 aromatic carbocycles. The summed E-state index contributed by atoms with van der Waals surface area (Å²) >= 11 is 0. The third-order valence-corrected chi connectivity index (χ3v) is 12.0. The molecular formula is C46H62N8O12. The molecule has 0 spiro atoms. The first-order valence-electron chi connectivity index (χ1n) is 21.9. The van der Waals surface area contributed by atoms with Crippen molar-refractivity contribution in [3.05, 3.63) is 60.4 Å². The molecule has 2 aliphatic heterocycles. The molecular weight excluding hydrogens is 857 g/mol. The molecule has 4 amide bonds. The van der Waals surface area contributed by atoms with Gasteiger partial charge in [0.2, 0.25) is 11.8 Å². The molecule has 6 atom stereocenters. The quantitative estimate of drug-likeness (QED) is 0.0804. The molecule has 2 saturated heterocycles. The number of alkyl carbamates (subject to hydrolysis) is 2. The summed E-state index contributed by atoms with van der Waals surface area (Å²) < 4.78 is 43.8. The van der Waals surface area contributed by atoms with Crippen LogP contribution in [0.2, 0.25) is 0 Å². The fourth-order valence-corrected chi connectivity index (χ4v) is 8.23. The van der Waals surface area contributed by atoms with Crippen molar-refractivity contribution in [2.75, 3.05) is 82.2 Å². The molecule has 0 bridgehead atoms. The van der Waals surface area contributed by atoms with Crippen LogP contribution in [-0.2, 0) is 38.0 Å². The Labute approximate surface area is 384 Å². The molecule has 4 N–H and O–H groups in total. The highest BCUT2D eigenvalue weighted by molar-refractivity contribution is 5.88. The Morgan fingerprint density at radius 3 is 1.41 bits per heavy atom. The van der Waals surface area contributed by atoms with Crippen molar-refractivity contribution in [3.63, 3.8) is 0 Å². The number of benzene rings is 2. The highest BCUT2D eigenvalue weighted by atomic mass is 16.5. The third kappa shape index (κ3) is 11.4. The summed E-state index contributed by atoms with van der Waals surface area (Å²) in [4.78, 5) is 71.7. The van der Waals surface area contributed by atoms with E-state index in [-0.39, 0.29) is 37.1 Å². The number of carbonyl (C=O) groups is 4. The van der Waals surface area contributed by atoms with Crippen molar-refractivity contribution < 1.29 is 57.1 Å². The number of imidazole rings is 2. The van der Waals surface area contributed by atoms with E-state index in [1.165, 1.54) is 28.4 Å². The molecule has 0 aliphatic carbocycles. The number of ether oxygens (including phenoxy) is 8. The van der Waals surface area contributed by atoms with Crippen molar-refractivity contribution in [2.24, 2.45) is 0 Å². The van der Waals surface area contributed by atoms with Gasteiger partial charge in [0.1, 0.15) is 48.4 Å². The third-order valence-electron chi connectivity index (χ3n) is 12.0. The molecule has 2 fully saturated rings. The number of nitrogens with zero attached hydrogens (tertiary/aromatic N) is 4. The van der Waals surface area contributed by atoms with E-state index >= 15 is 0 Å². The van der Waals surface area contributed by atoms with Gasteiger partial charge in [-0.25, -0.2) is 19.6 Å². The number of nitrogens with one attached hydrogen (secondary N) is 4. The van der Waals surface area contributed by atoms with Gasteiger partial charge in [-0.1, -0.05) is 12.1 Å². The Hall–Kier alpha value is -6.22. The highest BCUT2D eigenvalue weighted by Gasteiger charge is 2.40. The van der Waals surface area contributed by atoms with Crippen molar-refractivity contribution in [2.45, 2.75) is 75.9 Å². The lowest BCUT2D eigenvalue weighted by molar-refractivity contribution is -0.138. The van der Waals surface area contributed by atoms with E-state index in [0.717, 1.165) is 46.5 Å². The first-order valence-corrected chi connectivity index (χ1v) is 21.9. The fourth-order valence-electron chi connectivity index (χ4n) is 8.23. The molecule has 20 heteroatoms. The Morgan fingerprint density at radius 1 is 0.636 bits per heavy atom. The zero-order valence-electron chi connectivity index (χ0n) is 38.8. The van der Waals surface area contributed by atoms with Crippen LogP contribution in [-0.4, -0.2) is 160 Å². The Morgan fingerprint density at radius 2 is 1.05 bits per heavy atom. The van der Waals surface area contributed by atoms with Gasteiger partial charge in [0.25, 0.3) is 0 Å². The molecule has 0 radical (unpaired) electrons. The van der Waals surface area contributed by atoms with Gasteiger partial charge in [0.05, 0.1) is 75.5 Å². The number of methoxy groups -OCH3 is 6. The molecule has 2 aliphatic rings. The van der Waals surface area contributed by atoms with E-state index in [1.54, 1.807) is 50.3 Å². The summed E-state index contributed by atoms with van der Waals surface area (Å²) in [5.74, 6) is 1.79. The van der Waals surface area contributed by atoms with Crippen LogP contribution in [0, 0.1) is 0 Å². The maximum absolute atomic E-state index is 13.8. The van der Waals surface area contributed by atoms with Gasteiger partial charge < -0.3 is 68.3 Å². The predicted octanol–water partition coefficient (Wildman–Crippen LogP) is 5.03. The summed E-state index contributed by atoms with van der Waals surface area (Å²) in [6, 6.07) is 9.11. The minimum absolute atomic E-state index is 0.278. The number of carbonyl (C=O) groups excluding carboxylic acids is 4. The standard InChI is InChI=1S/C46H62N8O12/c1-27(61-5)39(51-45(57)63-7)43(55)53-17-9-11-35(53)41-47-25-33(49-41)29-13-15-31(37(23-29)65-21-19-59-3)32-16-14-30(24-38(32)66-22-20-60-4)34-26-48-42(50-34)36-12-10-18-54(36)44(56)40(28(2)62-6)52-46(58)64-8/h13-16,23-28,35-36,39-40H,9-12,17-22H2,1-8H3,(H,47,49)(H,48,50)(H,51,57)(H,52,58)/t27-,28-,35+,36+,39+,40+/m1/s1. The molecule has 4 aromatic rings. The Bertz CT molecular complexity index is 2110. The molecule has 6 rings (SSSR count). The van der Waals surface area contributed by atoms with Gasteiger partial charge in [-0.05, 0) is 63.8 Å². The average molecular weight is 919 g/mol. The number of rotatable bonds is 21. The zero-order chi connectivity index (χ0) is 47.3. The minimum atomic E-state index is -0.950. The Balaban J connectivity index is 1.28. The Kier molecular flexibility index (Phi) is 17.4. The molecule has 0 unspecified atom stereocenters. The molecule has 358 valence electrons. The summed E-state index contributed by atoms with van der Waals surface area (Å²) in [5.41, 5.74) is 4.56. The van der Waals surface area contributed by atoms with Crippen LogP contribution >= 0.6 is 0 Å².